The number of aromatic nitrogens is 2. The zero-order valence-corrected chi connectivity index (χ0v) is 8.51. The number of ether oxygens (including phenoxy) is 2. The van der Waals surface area contributed by atoms with Crippen molar-refractivity contribution in [3.8, 4) is 5.88 Å². The molecule has 0 saturated heterocycles. The summed E-state index contributed by atoms with van der Waals surface area (Å²) in [7, 11) is 1.38. The van der Waals surface area contributed by atoms with Gasteiger partial charge in [0.05, 0.1) is 13.7 Å². The Hall–Kier alpha value is -1.69. The molecule has 6 nitrogen and oxygen atoms in total. The van der Waals surface area contributed by atoms with E-state index in [0.717, 1.165) is 0 Å². The second-order valence-electron chi connectivity index (χ2n) is 2.61. The number of aliphatic hydroxyl groups excluding tert-OH is 1. The molecule has 6 heteroatoms. The van der Waals surface area contributed by atoms with Gasteiger partial charge in [0, 0.05) is 12.4 Å². The van der Waals surface area contributed by atoms with Crippen LogP contribution in [-0.2, 0) is 9.53 Å². The minimum absolute atomic E-state index is 0.0541. The van der Waals surface area contributed by atoms with Crippen molar-refractivity contribution in [1.29, 1.82) is 0 Å². The van der Waals surface area contributed by atoms with Gasteiger partial charge in [-0.3, -0.25) is 4.98 Å². The van der Waals surface area contributed by atoms with Gasteiger partial charge in [0.25, 0.3) is 0 Å². The molecule has 0 saturated carbocycles. The standard InChI is InChI=1S/C9H12N2O4/c1-3-15-9(13)7(12)6-8(14-2)11-5-4-10-6/h4-5,7,12H,3H2,1-2H3. The van der Waals surface area contributed by atoms with E-state index in [0.29, 0.717) is 0 Å². The van der Waals surface area contributed by atoms with Gasteiger partial charge in [-0.25, -0.2) is 9.78 Å². The van der Waals surface area contributed by atoms with E-state index < -0.39 is 12.1 Å². The Kier molecular flexibility index (Phi) is 3.99. The van der Waals surface area contributed by atoms with Crippen LogP contribution < -0.4 is 4.74 Å². The van der Waals surface area contributed by atoms with Crippen LogP contribution in [0.4, 0.5) is 0 Å². The smallest absolute Gasteiger partial charge is 0.341 e. The van der Waals surface area contributed by atoms with Crippen molar-refractivity contribution >= 4 is 5.97 Å². The maximum atomic E-state index is 11.2. The number of hydrogen-bond acceptors (Lipinski definition) is 6. The average Bonchev–Trinajstić information content (AvgIpc) is 2.28. The second-order valence-corrected chi connectivity index (χ2v) is 2.61. The van der Waals surface area contributed by atoms with E-state index in [4.69, 9.17) is 4.74 Å². The summed E-state index contributed by atoms with van der Waals surface area (Å²) in [4.78, 5) is 18.8. The first-order valence-corrected chi connectivity index (χ1v) is 4.40. The summed E-state index contributed by atoms with van der Waals surface area (Å²) in [5.74, 6) is -0.658. The quantitative estimate of drug-likeness (QED) is 0.712. The first-order valence-electron chi connectivity index (χ1n) is 4.40. The normalized spacial score (nSPS) is 11.9. The van der Waals surface area contributed by atoms with Gasteiger partial charge in [0.1, 0.15) is 5.69 Å². The topological polar surface area (TPSA) is 81.5 Å². The Morgan fingerprint density at radius 1 is 1.53 bits per heavy atom. The molecular weight excluding hydrogens is 200 g/mol. The van der Waals surface area contributed by atoms with E-state index in [1.807, 2.05) is 0 Å². The summed E-state index contributed by atoms with van der Waals surface area (Å²) in [5, 5.41) is 9.58. The van der Waals surface area contributed by atoms with Crippen LogP contribution in [0.3, 0.4) is 0 Å². The highest BCUT2D eigenvalue weighted by Crippen LogP contribution is 2.20. The molecule has 0 spiro atoms. The Bertz CT molecular complexity index is 343. The van der Waals surface area contributed by atoms with Crippen molar-refractivity contribution in [2.45, 2.75) is 13.0 Å². The number of rotatable bonds is 4. The molecule has 0 aromatic carbocycles. The van der Waals surface area contributed by atoms with Gasteiger partial charge in [0.15, 0.2) is 6.10 Å². The maximum Gasteiger partial charge on any atom is 0.341 e. The van der Waals surface area contributed by atoms with Gasteiger partial charge >= 0.3 is 5.97 Å². The predicted octanol–water partition coefficient (Wildman–Crippen LogP) is 0.0817. The van der Waals surface area contributed by atoms with Crippen LogP contribution in [0, 0.1) is 0 Å². The average molecular weight is 212 g/mol. The zero-order chi connectivity index (χ0) is 11.3. The number of carbonyl (C=O) groups excluding carboxylic acids is 1. The summed E-state index contributed by atoms with van der Waals surface area (Å²) in [6.07, 6.45) is 1.30. The van der Waals surface area contributed by atoms with Crippen molar-refractivity contribution in [2.75, 3.05) is 13.7 Å². The molecule has 82 valence electrons. The largest absolute Gasteiger partial charge is 0.480 e. The molecule has 1 rings (SSSR count). The summed E-state index contributed by atoms with van der Waals surface area (Å²) < 4.78 is 9.50. The van der Waals surface area contributed by atoms with Gasteiger partial charge in [-0.2, -0.15) is 0 Å². The molecule has 1 aromatic heterocycles. The van der Waals surface area contributed by atoms with E-state index in [1.54, 1.807) is 6.92 Å². The van der Waals surface area contributed by atoms with Gasteiger partial charge < -0.3 is 14.6 Å². The third-order valence-electron chi connectivity index (χ3n) is 1.65. The third kappa shape index (κ3) is 2.63. The lowest BCUT2D eigenvalue weighted by Gasteiger charge is -2.10. The molecule has 0 radical (unpaired) electrons. The molecule has 1 aromatic rings. The van der Waals surface area contributed by atoms with E-state index >= 15 is 0 Å². The Balaban J connectivity index is 2.89. The van der Waals surface area contributed by atoms with E-state index in [2.05, 4.69) is 14.7 Å². The Labute approximate surface area is 86.9 Å². The highest BCUT2D eigenvalue weighted by atomic mass is 16.5. The van der Waals surface area contributed by atoms with Crippen LogP contribution >= 0.6 is 0 Å². The first kappa shape index (κ1) is 11.4. The number of esters is 1. The molecule has 0 fully saturated rings. The van der Waals surface area contributed by atoms with Crippen molar-refractivity contribution in [1.82, 2.24) is 9.97 Å². The number of methoxy groups -OCH3 is 1. The molecule has 1 atom stereocenters. The number of nitrogens with zero attached hydrogens (tertiary/aromatic N) is 2. The molecular formula is C9H12N2O4. The lowest BCUT2D eigenvalue weighted by atomic mass is 10.2. The van der Waals surface area contributed by atoms with Crippen LogP contribution in [0.1, 0.15) is 18.7 Å². The molecule has 0 aliphatic carbocycles. The maximum absolute atomic E-state index is 11.2. The minimum atomic E-state index is -1.46. The first-order chi connectivity index (χ1) is 7.20. The van der Waals surface area contributed by atoms with Crippen molar-refractivity contribution in [3.05, 3.63) is 18.1 Å². The molecule has 15 heavy (non-hydrogen) atoms. The van der Waals surface area contributed by atoms with Crippen molar-refractivity contribution < 1.29 is 19.4 Å². The Morgan fingerprint density at radius 3 is 2.80 bits per heavy atom. The van der Waals surface area contributed by atoms with Crippen LogP contribution in [0.5, 0.6) is 5.88 Å². The lowest BCUT2D eigenvalue weighted by molar-refractivity contribution is -0.153. The molecule has 0 aliphatic heterocycles. The molecule has 0 bridgehead atoms. The second kappa shape index (κ2) is 5.26. The van der Waals surface area contributed by atoms with Gasteiger partial charge in [-0.15, -0.1) is 0 Å². The van der Waals surface area contributed by atoms with Crippen LogP contribution in [0.25, 0.3) is 0 Å². The van der Waals surface area contributed by atoms with Gasteiger partial charge in [-0.1, -0.05) is 0 Å². The fourth-order valence-corrected chi connectivity index (χ4v) is 1.01. The van der Waals surface area contributed by atoms with Crippen LogP contribution in [0.2, 0.25) is 0 Å². The van der Waals surface area contributed by atoms with Gasteiger partial charge in [0.2, 0.25) is 5.88 Å². The predicted molar refractivity (Wildman–Crippen MR) is 50.2 cm³/mol. The highest BCUT2D eigenvalue weighted by molar-refractivity contribution is 5.76. The van der Waals surface area contributed by atoms with Crippen LogP contribution in [0.15, 0.2) is 12.4 Å². The van der Waals surface area contributed by atoms with E-state index in [9.17, 15) is 9.90 Å². The molecule has 1 unspecified atom stereocenters. The third-order valence-corrected chi connectivity index (χ3v) is 1.65. The fourth-order valence-electron chi connectivity index (χ4n) is 1.01. The zero-order valence-electron chi connectivity index (χ0n) is 8.51. The number of aliphatic hydroxyl groups is 1. The number of hydrogen-bond donors (Lipinski definition) is 1. The summed E-state index contributed by atoms with van der Waals surface area (Å²) in [6.45, 7) is 1.84. The van der Waals surface area contributed by atoms with Gasteiger partial charge in [-0.05, 0) is 6.92 Å². The monoisotopic (exact) mass is 212 g/mol. The molecule has 0 amide bonds. The molecule has 1 N–H and O–H groups in total. The summed E-state index contributed by atoms with van der Waals surface area (Å²) in [6, 6.07) is 0. The van der Waals surface area contributed by atoms with Crippen molar-refractivity contribution in [3.63, 3.8) is 0 Å². The van der Waals surface area contributed by atoms with Crippen molar-refractivity contribution in [2.24, 2.45) is 0 Å². The molecule has 1 heterocycles. The molecule has 0 aliphatic rings. The summed E-state index contributed by atoms with van der Waals surface area (Å²) in [5.41, 5.74) is 0.0541. The Morgan fingerprint density at radius 2 is 2.20 bits per heavy atom. The SMILES string of the molecule is CCOC(=O)C(O)c1nccnc1OC. The highest BCUT2D eigenvalue weighted by Gasteiger charge is 2.24. The fraction of sp³-hybridized carbons (Fsp3) is 0.444. The lowest BCUT2D eigenvalue weighted by Crippen LogP contribution is -2.17. The number of carbonyl (C=O) groups is 1. The summed E-state index contributed by atoms with van der Waals surface area (Å²) >= 11 is 0. The van der Waals surface area contributed by atoms with E-state index in [-0.39, 0.29) is 18.2 Å². The minimum Gasteiger partial charge on any atom is -0.480 e. The van der Waals surface area contributed by atoms with Crippen LogP contribution in [-0.4, -0.2) is 34.8 Å². The van der Waals surface area contributed by atoms with E-state index in [1.165, 1.54) is 19.5 Å².